The van der Waals surface area contributed by atoms with Crippen LogP contribution in [0.4, 0.5) is 0 Å². The SMILES string of the molecule is C=Cc1ccc(SCl)cc1C=C. The summed E-state index contributed by atoms with van der Waals surface area (Å²) < 4.78 is 0. The standard InChI is InChI=1S/C10H9ClS/c1-3-8-5-6-10(12-11)7-9(8)4-2/h3-7H,1-2H2. The van der Waals surface area contributed by atoms with Crippen LogP contribution in [-0.2, 0) is 0 Å². The third-order valence-corrected chi connectivity index (χ3v) is 2.55. The van der Waals surface area contributed by atoms with Crippen LogP contribution in [0.3, 0.4) is 0 Å². The third-order valence-electron chi connectivity index (χ3n) is 1.59. The van der Waals surface area contributed by atoms with Gasteiger partial charge in [-0.1, -0.05) is 31.4 Å². The summed E-state index contributed by atoms with van der Waals surface area (Å²) in [7, 11) is 6.82. The highest BCUT2D eigenvalue weighted by molar-refractivity contribution is 8.21. The zero-order chi connectivity index (χ0) is 8.97. The molecular weight excluding hydrogens is 188 g/mol. The number of hydrogen-bond acceptors (Lipinski definition) is 1. The minimum atomic E-state index is 1.03. The van der Waals surface area contributed by atoms with Gasteiger partial charge in [0.15, 0.2) is 0 Å². The van der Waals surface area contributed by atoms with Crippen LogP contribution in [0.25, 0.3) is 12.2 Å². The van der Waals surface area contributed by atoms with E-state index in [-0.39, 0.29) is 0 Å². The van der Waals surface area contributed by atoms with E-state index in [9.17, 15) is 0 Å². The van der Waals surface area contributed by atoms with Crippen LogP contribution in [0.1, 0.15) is 11.1 Å². The van der Waals surface area contributed by atoms with Crippen LogP contribution < -0.4 is 0 Å². The molecule has 0 bridgehead atoms. The van der Waals surface area contributed by atoms with Crippen molar-refractivity contribution < 1.29 is 0 Å². The van der Waals surface area contributed by atoms with E-state index in [1.54, 1.807) is 12.2 Å². The Morgan fingerprint density at radius 3 is 2.33 bits per heavy atom. The Labute approximate surface area is 81.4 Å². The molecule has 1 rings (SSSR count). The lowest BCUT2D eigenvalue weighted by atomic mass is 10.1. The van der Waals surface area contributed by atoms with E-state index in [4.69, 9.17) is 10.7 Å². The predicted octanol–water partition coefficient (Wildman–Crippen LogP) is 4.22. The molecular formula is C10H9ClS. The predicted molar refractivity (Wildman–Crippen MR) is 58.3 cm³/mol. The lowest BCUT2D eigenvalue weighted by molar-refractivity contribution is 1.44. The van der Waals surface area contributed by atoms with Gasteiger partial charge in [-0.05, 0) is 44.9 Å². The number of rotatable bonds is 3. The average molecular weight is 197 g/mol. The van der Waals surface area contributed by atoms with E-state index in [1.807, 2.05) is 18.2 Å². The van der Waals surface area contributed by atoms with Gasteiger partial charge in [-0.15, -0.1) is 0 Å². The average Bonchev–Trinajstić information content (AvgIpc) is 2.16. The Kier molecular flexibility index (Phi) is 3.45. The molecule has 0 saturated heterocycles. The van der Waals surface area contributed by atoms with E-state index in [2.05, 4.69) is 13.2 Å². The molecule has 62 valence electrons. The molecule has 0 unspecified atom stereocenters. The second-order valence-corrected chi connectivity index (χ2v) is 3.36. The van der Waals surface area contributed by atoms with Gasteiger partial charge in [0.1, 0.15) is 0 Å². The molecule has 0 amide bonds. The summed E-state index contributed by atoms with van der Waals surface area (Å²) in [4.78, 5) is 1.03. The van der Waals surface area contributed by atoms with Gasteiger partial charge in [-0.2, -0.15) is 0 Å². The van der Waals surface area contributed by atoms with Gasteiger partial charge in [-0.3, -0.25) is 0 Å². The van der Waals surface area contributed by atoms with Crippen LogP contribution >= 0.6 is 21.7 Å². The van der Waals surface area contributed by atoms with Crippen molar-refractivity contribution in [1.82, 2.24) is 0 Å². The quantitative estimate of drug-likeness (QED) is 0.698. The highest BCUT2D eigenvalue weighted by atomic mass is 35.7. The zero-order valence-electron chi connectivity index (χ0n) is 6.59. The lowest BCUT2D eigenvalue weighted by Crippen LogP contribution is -1.79. The van der Waals surface area contributed by atoms with Crippen LogP contribution in [0.15, 0.2) is 36.3 Å². The Hall–Kier alpha value is -0.660. The fraction of sp³-hybridized carbons (Fsp3) is 0. The third kappa shape index (κ3) is 1.93. The Balaban J connectivity index is 3.18. The molecule has 0 heterocycles. The van der Waals surface area contributed by atoms with Crippen molar-refractivity contribution in [2.24, 2.45) is 0 Å². The van der Waals surface area contributed by atoms with E-state index in [0.717, 1.165) is 16.0 Å². The van der Waals surface area contributed by atoms with Crippen molar-refractivity contribution >= 4 is 33.8 Å². The molecule has 0 aromatic heterocycles. The first-order valence-electron chi connectivity index (χ1n) is 3.49. The van der Waals surface area contributed by atoms with Gasteiger partial charge in [0, 0.05) is 4.90 Å². The Bertz CT molecular complexity index is 305. The van der Waals surface area contributed by atoms with E-state index in [0.29, 0.717) is 0 Å². The van der Waals surface area contributed by atoms with E-state index >= 15 is 0 Å². The van der Waals surface area contributed by atoms with Gasteiger partial charge in [0.05, 0.1) is 0 Å². The largest absolute Gasteiger partial charge is 0.0984 e. The minimum Gasteiger partial charge on any atom is -0.0984 e. The van der Waals surface area contributed by atoms with Crippen LogP contribution in [0.2, 0.25) is 0 Å². The van der Waals surface area contributed by atoms with Crippen molar-refractivity contribution in [2.45, 2.75) is 4.90 Å². The second kappa shape index (κ2) is 4.39. The molecule has 0 nitrogen and oxygen atoms in total. The lowest BCUT2D eigenvalue weighted by Gasteiger charge is -2.01. The molecule has 0 spiro atoms. The molecule has 0 N–H and O–H groups in total. The maximum atomic E-state index is 5.61. The monoisotopic (exact) mass is 196 g/mol. The highest BCUT2D eigenvalue weighted by Crippen LogP contribution is 2.25. The molecule has 0 fully saturated rings. The van der Waals surface area contributed by atoms with Crippen molar-refractivity contribution in [3.8, 4) is 0 Å². The van der Waals surface area contributed by atoms with Gasteiger partial charge in [-0.25, -0.2) is 0 Å². The van der Waals surface area contributed by atoms with Crippen molar-refractivity contribution in [2.75, 3.05) is 0 Å². The molecule has 0 aliphatic carbocycles. The Morgan fingerprint density at radius 1 is 1.17 bits per heavy atom. The summed E-state index contributed by atoms with van der Waals surface area (Å²) in [6, 6.07) is 5.93. The molecule has 0 aliphatic heterocycles. The van der Waals surface area contributed by atoms with Crippen molar-refractivity contribution in [3.63, 3.8) is 0 Å². The Morgan fingerprint density at radius 2 is 1.83 bits per heavy atom. The maximum Gasteiger partial charge on any atom is 0.0239 e. The first kappa shape index (κ1) is 9.43. The van der Waals surface area contributed by atoms with E-state index in [1.165, 1.54) is 11.0 Å². The van der Waals surface area contributed by atoms with Gasteiger partial charge in [0.2, 0.25) is 0 Å². The van der Waals surface area contributed by atoms with E-state index < -0.39 is 0 Å². The van der Waals surface area contributed by atoms with Gasteiger partial charge >= 0.3 is 0 Å². The molecule has 0 radical (unpaired) electrons. The van der Waals surface area contributed by atoms with Crippen molar-refractivity contribution in [1.29, 1.82) is 0 Å². The molecule has 0 aliphatic rings. The normalized spacial score (nSPS) is 9.42. The maximum absolute atomic E-state index is 5.61. The molecule has 12 heavy (non-hydrogen) atoms. The first-order chi connectivity index (χ1) is 5.81. The summed E-state index contributed by atoms with van der Waals surface area (Å²) in [5, 5.41) is 0. The van der Waals surface area contributed by atoms with Crippen LogP contribution in [0, 0.1) is 0 Å². The smallest absolute Gasteiger partial charge is 0.0239 e. The number of hydrogen-bond donors (Lipinski definition) is 0. The van der Waals surface area contributed by atoms with Crippen LogP contribution in [-0.4, -0.2) is 0 Å². The zero-order valence-corrected chi connectivity index (χ0v) is 8.16. The molecule has 1 aromatic carbocycles. The summed E-state index contributed by atoms with van der Waals surface area (Å²) in [6.07, 6.45) is 3.60. The number of halogens is 1. The fourth-order valence-corrected chi connectivity index (χ4v) is 1.54. The summed E-state index contributed by atoms with van der Waals surface area (Å²) in [6.45, 7) is 7.42. The summed E-state index contributed by atoms with van der Waals surface area (Å²) in [5.41, 5.74) is 2.15. The summed E-state index contributed by atoms with van der Waals surface area (Å²) in [5.74, 6) is 0. The second-order valence-electron chi connectivity index (χ2n) is 2.28. The molecule has 0 atom stereocenters. The minimum absolute atomic E-state index is 1.03. The highest BCUT2D eigenvalue weighted by Gasteiger charge is 1.97. The molecule has 0 saturated carbocycles. The van der Waals surface area contributed by atoms with Crippen molar-refractivity contribution in [3.05, 3.63) is 42.5 Å². The number of benzene rings is 1. The summed E-state index contributed by atoms with van der Waals surface area (Å²) >= 11 is 0. The first-order valence-corrected chi connectivity index (χ1v) is 5.13. The fourth-order valence-electron chi connectivity index (χ4n) is 0.964. The van der Waals surface area contributed by atoms with Gasteiger partial charge in [0.25, 0.3) is 0 Å². The van der Waals surface area contributed by atoms with Gasteiger partial charge < -0.3 is 0 Å². The molecule has 1 aromatic rings. The topological polar surface area (TPSA) is 0 Å². The van der Waals surface area contributed by atoms with Crippen LogP contribution in [0.5, 0.6) is 0 Å². The molecule has 2 heteroatoms.